The molecule has 1 aromatic heterocycles. The van der Waals surface area contributed by atoms with Crippen molar-refractivity contribution in [3.63, 3.8) is 0 Å². The topological polar surface area (TPSA) is 55.6 Å². The number of benzene rings is 2. The van der Waals surface area contributed by atoms with Gasteiger partial charge in [-0.15, -0.1) is 0 Å². The normalized spacial score (nSPS) is 14.7. The summed E-state index contributed by atoms with van der Waals surface area (Å²) in [6.07, 6.45) is 3.14. The second-order valence-corrected chi connectivity index (χ2v) is 8.01. The summed E-state index contributed by atoms with van der Waals surface area (Å²) in [6, 6.07) is 18.1. The monoisotopic (exact) mass is 404 g/mol. The second kappa shape index (κ2) is 9.16. The number of carbonyl (C=O) groups excluding carboxylic acids is 1. The Labute approximate surface area is 177 Å². The van der Waals surface area contributed by atoms with Gasteiger partial charge in [-0.25, -0.2) is 0 Å². The van der Waals surface area contributed by atoms with E-state index in [2.05, 4.69) is 35.5 Å². The van der Waals surface area contributed by atoms with Gasteiger partial charge in [-0.2, -0.15) is 0 Å². The van der Waals surface area contributed by atoms with Gasteiger partial charge >= 0.3 is 0 Å². The van der Waals surface area contributed by atoms with Crippen LogP contribution in [0.5, 0.6) is 5.75 Å². The van der Waals surface area contributed by atoms with Gasteiger partial charge in [0, 0.05) is 13.1 Å². The molecule has 4 rings (SSSR count). The van der Waals surface area contributed by atoms with Gasteiger partial charge in [0.1, 0.15) is 18.1 Å². The number of carbonyl (C=O) groups is 1. The number of hydrogen-bond donors (Lipinski definition) is 0. The lowest BCUT2D eigenvalue weighted by Gasteiger charge is -2.32. The molecule has 0 radical (unpaired) electrons. The molecule has 1 amide bonds. The van der Waals surface area contributed by atoms with Crippen molar-refractivity contribution in [2.75, 3.05) is 13.1 Å². The van der Waals surface area contributed by atoms with Crippen LogP contribution in [0.2, 0.25) is 0 Å². The molecule has 5 nitrogen and oxygen atoms in total. The Balaban J connectivity index is 1.38. The van der Waals surface area contributed by atoms with Crippen LogP contribution in [0.15, 0.2) is 59.1 Å². The zero-order valence-corrected chi connectivity index (χ0v) is 17.6. The van der Waals surface area contributed by atoms with Crippen LogP contribution in [0.4, 0.5) is 0 Å². The number of rotatable bonds is 6. The van der Waals surface area contributed by atoms with Gasteiger partial charge in [-0.1, -0.05) is 47.6 Å². The maximum Gasteiger partial charge on any atom is 0.257 e. The lowest BCUT2D eigenvalue weighted by molar-refractivity contribution is 0.0685. The van der Waals surface area contributed by atoms with E-state index in [4.69, 9.17) is 9.26 Å². The summed E-state index contributed by atoms with van der Waals surface area (Å²) in [4.78, 5) is 15.2. The third-order valence-corrected chi connectivity index (χ3v) is 5.94. The Morgan fingerprint density at radius 1 is 1.07 bits per heavy atom. The average Bonchev–Trinajstić information content (AvgIpc) is 3.10. The Morgan fingerprint density at radius 2 is 1.77 bits per heavy atom. The van der Waals surface area contributed by atoms with Gasteiger partial charge in [0.15, 0.2) is 0 Å². The van der Waals surface area contributed by atoms with Crippen LogP contribution < -0.4 is 4.74 Å². The van der Waals surface area contributed by atoms with Crippen LogP contribution in [0.1, 0.15) is 45.8 Å². The molecule has 0 N–H and O–H groups in total. The number of piperidine rings is 1. The predicted octanol–water partition coefficient (Wildman–Crippen LogP) is 4.97. The summed E-state index contributed by atoms with van der Waals surface area (Å²) < 4.78 is 11.2. The first-order chi connectivity index (χ1) is 14.6. The molecule has 0 atom stereocenters. The van der Waals surface area contributed by atoms with E-state index in [0.717, 1.165) is 49.4 Å². The van der Waals surface area contributed by atoms with E-state index in [9.17, 15) is 4.79 Å². The van der Waals surface area contributed by atoms with Gasteiger partial charge in [0.05, 0.1) is 16.8 Å². The van der Waals surface area contributed by atoms with Crippen LogP contribution >= 0.6 is 0 Å². The minimum atomic E-state index is 0.0440. The fourth-order valence-corrected chi connectivity index (χ4v) is 4.09. The molecule has 0 unspecified atom stereocenters. The van der Waals surface area contributed by atoms with Crippen LogP contribution in [0, 0.1) is 19.8 Å². The molecule has 156 valence electrons. The van der Waals surface area contributed by atoms with E-state index < -0.39 is 0 Å². The van der Waals surface area contributed by atoms with Gasteiger partial charge in [-0.05, 0) is 56.7 Å². The maximum absolute atomic E-state index is 13.2. The lowest BCUT2D eigenvalue weighted by atomic mass is 9.90. The summed E-state index contributed by atoms with van der Waals surface area (Å²) in [5.41, 5.74) is 3.74. The first-order valence-corrected chi connectivity index (χ1v) is 10.6. The number of aromatic nitrogens is 1. The summed E-state index contributed by atoms with van der Waals surface area (Å²) in [5.74, 6) is 2.02. The van der Waals surface area contributed by atoms with Crippen molar-refractivity contribution >= 4 is 5.91 Å². The molecular formula is C25H28N2O3. The van der Waals surface area contributed by atoms with Crippen molar-refractivity contribution < 1.29 is 14.1 Å². The van der Waals surface area contributed by atoms with Crippen LogP contribution in [0.3, 0.4) is 0 Å². The highest BCUT2D eigenvalue weighted by atomic mass is 16.5. The minimum absolute atomic E-state index is 0.0440. The van der Waals surface area contributed by atoms with E-state index in [1.165, 1.54) is 5.56 Å². The third-order valence-electron chi connectivity index (χ3n) is 5.94. The molecule has 1 saturated heterocycles. The van der Waals surface area contributed by atoms with E-state index >= 15 is 0 Å². The number of para-hydroxylation sites is 1. The Bertz CT molecular complexity index is 969. The van der Waals surface area contributed by atoms with E-state index in [-0.39, 0.29) is 5.91 Å². The van der Waals surface area contributed by atoms with Crippen LogP contribution in [-0.2, 0) is 13.0 Å². The molecule has 2 aromatic carbocycles. The van der Waals surface area contributed by atoms with Crippen molar-refractivity contribution in [3.05, 3.63) is 82.7 Å². The number of likely N-dealkylation sites (tertiary alicyclic amines) is 1. The maximum atomic E-state index is 13.2. The van der Waals surface area contributed by atoms with E-state index in [0.29, 0.717) is 23.8 Å². The molecule has 0 spiro atoms. The highest BCUT2D eigenvalue weighted by molar-refractivity contribution is 5.97. The molecule has 0 aliphatic carbocycles. The fourth-order valence-electron chi connectivity index (χ4n) is 4.09. The molecule has 1 aliphatic heterocycles. The Morgan fingerprint density at radius 3 is 2.47 bits per heavy atom. The fraction of sp³-hybridized carbons (Fsp3) is 0.360. The van der Waals surface area contributed by atoms with Crippen LogP contribution in [0.25, 0.3) is 0 Å². The molecule has 1 fully saturated rings. The number of hydrogen-bond acceptors (Lipinski definition) is 4. The summed E-state index contributed by atoms with van der Waals surface area (Å²) in [6.45, 7) is 5.68. The zero-order valence-electron chi connectivity index (χ0n) is 17.6. The van der Waals surface area contributed by atoms with E-state index in [1.54, 1.807) is 0 Å². The molecule has 0 bridgehead atoms. The molecule has 30 heavy (non-hydrogen) atoms. The average molecular weight is 405 g/mol. The van der Waals surface area contributed by atoms with Crippen molar-refractivity contribution in [1.29, 1.82) is 0 Å². The summed E-state index contributed by atoms with van der Waals surface area (Å²) in [5, 5.41) is 3.97. The van der Waals surface area contributed by atoms with Gasteiger partial charge in [-0.3, -0.25) is 4.79 Å². The van der Waals surface area contributed by atoms with Crippen molar-refractivity contribution in [2.45, 2.75) is 39.7 Å². The largest absolute Gasteiger partial charge is 0.488 e. The molecule has 1 aliphatic rings. The summed E-state index contributed by atoms with van der Waals surface area (Å²) in [7, 11) is 0. The van der Waals surface area contributed by atoms with Crippen molar-refractivity contribution in [1.82, 2.24) is 10.1 Å². The predicted molar refractivity (Wildman–Crippen MR) is 116 cm³/mol. The number of ether oxygens (including phenoxy) is 1. The zero-order chi connectivity index (χ0) is 20.9. The smallest absolute Gasteiger partial charge is 0.257 e. The molecule has 3 aromatic rings. The molecule has 2 heterocycles. The second-order valence-electron chi connectivity index (χ2n) is 8.01. The van der Waals surface area contributed by atoms with Crippen molar-refractivity contribution in [3.8, 4) is 5.75 Å². The molecule has 0 saturated carbocycles. The first-order valence-electron chi connectivity index (χ1n) is 10.6. The van der Waals surface area contributed by atoms with E-state index in [1.807, 2.05) is 43.0 Å². The Kier molecular flexibility index (Phi) is 6.17. The highest BCUT2D eigenvalue weighted by Gasteiger charge is 2.25. The quantitative estimate of drug-likeness (QED) is 0.582. The van der Waals surface area contributed by atoms with Crippen molar-refractivity contribution in [2.24, 2.45) is 5.92 Å². The number of aryl methyl sites for hydroxylation is 2. The van der Waals surface area contributed by atoms with Gasteiger partial charge in [0.2, 0.25) is 0 Å². The number of nitrogens with zero attached hydrogens (tertiary/aromatic N) is 2. The third kappa shape index (κ3) is 4.56. The highest BCUT2D eigenvalue weighted by Crippen LogP contribution is 2.26. The first kappa shape index (κ1) is 20.2. The Hall–Kier alpha value is -3.08. The SMILES string of the molecule is Cc1noc(C)c1COc1ccccc1C(=O)N1CCC(Cc2ccccc2)CC1. The van der Waals surface area contributed by atoms with Gasteiger partial charge < -0.3 is 14.2 Å². The molecular weight excluding hydrogens is 376 g/mol. The van der Waals surface area contributed by atoms with Gasteiger partial charge in [0.25, 0.3) is 5.91 Å². The standard InChI is InChI=1S/C25H28N2O3/c1-18-23(19(2)30-26-18)17-29-24-11-7-6-10-22(24)25(28)27-14-12-21(13-15-27)16-20-8-4-3-5-9-20/h3-11,21H,12-17H2,1-2H3. The minimum Gasteiger partial charge on any atom is -0.488 e. The summed E-state index contributed by atoms with van der Waals surface area (Å²) >= 11 is 0. The lowest BCUT2D eigenvalue weighted by Crippen LogP contribution is -2.39. The van der Waals surface area contributed by atoms with Crippen LogP contribution in [-0.4, -0.2) is 29.1 Å². The number of amides is 1. The molecule has 5 heteroatoms.